The summed E-state index contributed by atoms with van der Waals surface area (Å²) in [7, 11) is 0. The van der Waals surface area contributed by atoms with Gasteiger partial charge < -0.3 is 9.47 Å². The van der Waals surface area contributed by atoms with E-state index >= 15 is 0 Å². The molecule has 2 fully saturated rings. The van der Waals surface area contributed by atoms with Crippen LogP contribution < -0.4 is 0 Å². The van der Waals surface area contributed by atoms with Crippen LogP contribution in [-0.2, 0) is 19.2 Å². The topological polar surface area (TPSA) is 68.3 Å². The van der Waals surface area contributed by atoms with E-state index in [2.05, 4.69) is 0 Å². The highest BCUT2D eigenvalue weighted by molar-refractivity contribution is 6.07. The van der Waals surface area contributed by atoms with Crippen LogP contribution >= 0.6 is 0 Å². The van der Waals surface area contributed by atoms with Crippen LogP contribution in [0, 0.1) is 0 Å². The Balaban J connectivity index is 2.22. The average Bonchev–Trinajstić information content (AvgIpc) is 2.91. The van der Waals surface area contributed by atoms with E-state index in [9.17, 15) is 10.1 Å². The second-order valence-corrected chi connectivity index (χ2v) is 6.67. The van der Waals surface area contributed by atoms with Gasteiger partial charge in [-0.3, -0.25) is 4.79 Å². The average molecular weight is 268 g/mol. The van der Waals surface area contributed by atoms with Crippen LogP contribution in [-0.4, -0.2) is 33.6 Å². The van der Waals surface area contributed by atoms with Crippen LogP contribution in [0.15, 0.2) is 11.1 Å². The Bertz CT molecular complexity index is 508. The first-order valence-corrected chi connectivity index (χ1v) is 6.61. The van der Waals surface area contributed by atoms with Crippen molar-refractivity contribution in [3.8, 4) is 0 Å². The van der Waals surface area contributed by atoms with E-state index in [-0.39, 0.29) is 5.78 Å². The number of ketones is 1. The number of rotatable bonds is 1. The van der Waals surface area contributed by atoms with E-state index in [4.69, 9.17) is 14.4 Å². The van der Waals surface area contributed by atoms with Crippen molar-refractivity contribution in [1.29, 1.82) is 0 Å². The van der Waals surface area contributed by atoms with Gasteiger partial charge in [-0.2, -0.15) is 4.89 Å². The van der Waals surface area contributed by atoms with Crippen molar-refractivity contribution < 1.29 is 24.4 Å². The molecule has 3 unspecified atom stereocenters. The first-order valence-electron chi connectivity index (χ1n) is 6.61. The van der Waals surface area contributed by atoms with E-state index in [0.29, 0.717) is 17.6 Å². The fourth-order valence-corrected chi connectivity index (χ4v) is 3.59. The maximum atomic E-state index is 12.4. The Morgan fingerprint density at radius 1 is 1.21 bits per heavy atom. The minimum absolute atomic E-state index is 0.0408. The van der Waals surface area contributed by atoms with Crippen molar-refractivity contribution in [2.75, 3.05) is 0 Å². The van der Waals surface area contributed by atoms with E-state index < -0.39 is 22.6 Å². The highest BCUT2D eigenvalue weighted by Gasteiger charge is 2.84. The summed E-state index contributed by atoms with van der Waals surface area (Å²) in [5, 5.41) is 9.54. The molecule has 19 heavy (non-hydrogen) atoms. The van der Waals surface area contributed by atoms with Crippen molar-refractivity contribution in [1.82, 2.24) is 0 Å². The van der Waals surface area contributed by atoms with Gasteiger partial charge in [0.2, 0.25) is 0 Å². The Morgan fingerprint density at radius 2 is 1.84 bits per heavy atom. The minimum Gasteiger partial charge on any atom is -0.348 e. The molecule has 0 radical (unpaired) electrons. The van der Waals surface area contributed by atoms with Crippen molar-refractivity contribution in [2.24, 2.45) is 0 Å². The van der Waals surface area contributed by atoms with Crippen LogP contribution in [0.5, 0.6) is 0 Å². The van der Waals surface area contributed by atoms with E-state index in [1.54, 1.807) is 20.8 Å². The zero-order valence-electron chi connectivity index (χ0n) is 12.0. The van der Waals surface area contributed by atoms with Gasteiger partial charge in [-0.25, -0.2) is 5.26 Å². The second kappa shape index (κ2) is 3.28. The second-order valence-electron chi connectivity index (χ2n) is 6.67. The molecule has 3 aliphatic rings. The standard InChI is InChI=1S/C14H20O5/c1-8-9-6-7-11(2,3)17-14(9,19-16)13(5)12(4,18-13)10(8)15/h16H,6-7H2,1-5H3. The summed E-state index contributed by atoms with van der Waals surface area (Å²) in [4.78, 5) is 17.2. The molecule has 1 N–H and O–H groups in total. The zero-order valence-corrected chi connectivity index (χ0v) is 12.0. The first-order chi connectivity index (χ1) is 8.64. The Hall–Kier alpha value is -0.750. The molecular formula is C14H20O5. The van der Waals surface area contributed by atoms with Gasteiger partial charge in [0.1, 0.15) is 0 Å². The fourth-order valence-electron chi connectivity index (χ4n) is 3.59. The summed E-state index contributed by atoms with van der Waals surface area (Å²) in [6.45, 7) is 9.12. The lowest BCUT2D eigenvalue weighted by atomic mass is 9.69. The lowest BCUT2D eigenvalue weighted by molar-refractivity contribution is -0.430. The lowest BCUT2D eigenvalue weighted by Gasteiger charge is -2.49. The molecule has 0 aromatic carbocycles. The third kappa shape index (κ3) is 1.27. The molecule has 0 amide bonds. The normalized spacial score (nSPS) is 47.8. The van der Waals surface area contributed by atoms with Crippen LogP contribution in [0.25, 0.3) is 0 Å². The summed E-state index contributed by atoms with van der Waals surface area (Å²) >= 11 is 0. The molecule has 5 heteroatoms. The highest BCUT2D eigenvalue weighted by atomic mass is 17.2. The highest BCUT2D eigenvalue weighted by Crippen LogP contribution is 2.65. The van der Waals surface area contributed by atoms with Crippen molar-refractivity contribution in [2.45, 2.75) is 70.1 Å². The maximum absolute atomic E-state index is 12.4. The van der Waals surface area contributed by atoms with Gasteiger partial charge in [0.15, 0.2) is 17.0 Å². The molecule has 0 aromatic heterocycles. The molecule has 106 valence electrons. The van der Waals surface area contributed by atoms with Crippen LogP contribution in [0.3, 0.4) is 0 Å². The van der Waals surface area contributed by atoms with E-state index in [1.165, 1.54) is 0 Å². The SMILES string of the molecule is CC1=C2CCC(C)(C)OC2(OO)C2(C)OC2(C)C1=O. The molecule has 0 bridgehead atoms. The van der Waals surface area contributed by atoms with Crippen molar-refractivity contribution >= 4 is 5.78 Å². The summed E-state index contributed by atoms with van der Waals surface area (Å²) < 4.78 is 11.7. The monoisotopic (exact) mass is 268 g/mol. The Morgan fingerprint density at radius 3 is 2.42 bits per heavy atom. The van der Waals surface area contributed by atoms with Gasteiger partial charge in [0.25, 0.3) is 5.79 Å². The Kier molecular flexibility index (Phi) is 2.29. The number of epoxide rings is 1. The van der Waals surface area contributed by atoms with Gasteiger partial charge in [-0.05, 0) is 53.0 Å². The molecule has 3 rings (SSSR count). The molecule has 2 aliphatic heterocycles. The number of fused-ring (bicyclic) bond motifs is 3. The molecule has 2 heterocycles. The zero-order chi connectivity index (χ0) is 14.3. The smallest absolute Gasteiger partial charge is 0.257 e. The number of ether oxygens (including phenoxy) is 2. The first kappa shape index (κ1) is 13.2. The molecular weight excluding hydrogens is 248 g/mol. The minimum atomic E-state index is -1.37. The predicted octanol–water partition coefficient (Wildman–Crippen LogP) is 2.21. The summed E-state index contributed by atoms with van der Waals surface area (Å²) in [5.74, 6) is -1.41. The third-order valence-corrected chi connectivity index (χ3v) is 5.05. The number of Topliss-reactive ketones (excluding diaryl/α,β-unsaturated/α-hetero) is 1. The summed E-state index contributed by atoms with van der Waals surface area (Å²) in [5.41, 5.74) is -1.10. The van der Waals surface area contributed by atoms with E-state index in [0.717, 1.165) is 6.42 Å². The molecule has 0 spiro atoms. The van der Waals surface area contributed by atoms with Crippen LogP contribution in [0.1, 0.15) is 47.5 Å². The molecule has 5 nitrogen and oxygen atoms in total. The maximum Gasteiger partial charge on any atom is 0.257 e. The quantitative estimate of drug-likeness (QED) is 0.448. The number of hydrogen-bond donors (Lipinski definition) is 1. The Labute approximate surface area is 112 Å². The molecule has 0 saturated carbocycles. The van der Waals surface area contributed by atoms with Gasteiger partial charge in [-0.1, -0.05) is 0 Å². The van der Waals surface area contributed by atoms with Gasteiger partial charge in [0, 0.05) is 5.57 Å². The van der Waals surface area contributed by atoms with Crippen LogP contribution in [0.4, 0.5) is 0 Å². The number of hydrogen-bond acceptors (Lipinski definition) is 5. The van der Waals surface area contributed by atoms with E-state index in [1.807, 2.05) is 13.8 Å². The summed E-state index contributed by atoms with van der Waals surface area (Å²) in [6, 6.07) is 0. The van der Waals surface area contributed by atoms with Crippen molar-refractivity contribution in [3.05, 3.63) is 11.1 Å². The number of carbonyl (C=O) groups is 1. The fraction of sp³-hybridized carbons (Fsp3) is 0.786. The molecule has 1 aliphatic carbocycles. The largest absolute Gasteiger partial charge is 0.348 e. The molecule has 0 aromatic rings. The number of carbonyl (C=O) groups excluding carboxylic acids is 1. The third-order valence-electron chi connectivity index (χ3n) is 5.05. The van der Waals surface area contributed by atoms with Gasteiger partial charge in [-0.15, -0.1) is 0 Å². The van der Waals surface area contributed by atoms with Crippen molar-refractivity contribution in [3.63, 3.8) is 0 Å². The molecule has 3 atom stereocenters. The van der Waals surface area contributed by atoms with Crippen LogP contribution in [0.2, 0.25) is 0 Å². The van der Waals surface area contributed by atoms with Gasteiger partial charge in [0.05, 0.1) is 5.60 Å². The summed E-state index contributed by atoms with van der Waals surface area (Å²) in [6.07, 6.45) is 1.42. The predicted molar refractivity (Wildman–Crippen MR) is 66.4 cm³/mol. The van der Waals surface area contributed by atoms with Gasteiger partial charge >= 0.3 is 0 Å². The lowest BCUT2D eigenvalue weighted by Crippen LogP contribution is -2.62. The molecule has 2 saturated heterocycles.